The van der Waals surface area contributed by atoms with Gasteiger partial charge in [-0.3, -0.25) is 0 Å². The lowest BCUT2D eigenvalue weighted by Gasteiger charge is -2.30. The first-order valence-corrected chi connectivity index (χ1v) is 8.07. The SMILES string of the molecule is CCCNc1cc(NC(C)(CC)CCO)nc(CCC)n1. The Morgan fingerprint density at radius 1 is 1.14 bits per heavy atom. The monoisotopic (exact) mass is 294 g/mol. The van der Waals surface area contributed by atoms with Crippen molar-refractivity contribution in [2.24, 2.45) is 0 Å². The zero-order chi connectivity index (χ0) is 15.7. The third kappa shape index (κ3) is 5.87. The van der Waals surface area contributed by atoms with Crippen LogP contribution in [0.5, 0.6) is 0 Å². The maximum atomic E-state index is 9.24. The molecular weight excluding hydrogens is 264 g/mol. The van der Waals surface area contributed by atoms with Crippen LogP contribution in [0.1, 0.15) is 59.2 Å². The highest BCUT2D eigenvalue weighted by molar-refractivity contribution is 5.49. The Balaban J connectivity index is 2.95. The zero-order valence-corrected chi connectivity index (χ0v) is 13.9. The fraction of sp³-hybridized carbons (Fsp3) is 0.750. The van der Waals surface area contributed by atoms with E-state index in [0.29, 0.717) is 6.42 Å². The summed E-state index contributed by atoms with van der Waals surface area (Å²) in [5.74, 6) is 2.58. The van der Waals surface area contributed by atoms with E-state index < -0.39 is 0 Å². The molecule has 3 N–H and O–H groups in total. The summed E-state index contributed by atoms with van der Waals surface area (Å²) >= 11 is 0. The molecule has 0 aliphatic heterocycles. The van der Waals surface area contributed by atoms with Crippen LogP contribution in [-0.4, -0.2) is 33.8 Å². The molecule has 1 rings (SSSR count). The molecule has 120 valence electrons. The molecule has 0 aliphatic rings. The Hall–Kier alpha value is -1.36. The van der Waals surface area contributed by atoms with Crippen LogP contribution in [0.2, 0.25) is 0 Å². The van der Waals surface area contributed by atoms with Gasteiger partial charge in [0.2, 0.25) is 0 Å². The van der Waals surface area contributed by atoms with E-state index in [9.17, 15) is 5.11 Å². The summed E-state index contributed by atoms with van der Waals surface area (Å²) in [7, 11) is 0. The molecule has 21 heavy (non-hydrogen) atoms. The number of anilines is 2. The highest BCUT2D eigenvalue weighted by atomic mass is 16.3. The van der Waals surface area contributed by atoms with Gasteiger partial charge in [-0.25, -0.2) is 9.97 Å². The van der Waals surface area contributed by atoms with E-state index in [2.05, 4.69) is 48.3 Å². The number of aryl methyl sites for hydroxylation is 1. The largest absolute Gasteiger partial charge is 0.396 e. The zero-order valence-electron chi connectivity index (χ0n) is 13.9. The number of rotatable bonds is 10. The average Bonchev–Trinajstić information content (AvgIpc) is 2.45. The van der Waals surface area contributed by atoms with Gasteiger partial charge in [0.25, 0.3) is 0 Å². The molecule has 0 saturated carbocycles. The lowest BCUT2D eigenvalue weighted by Crippen LogP contribution is -2.35. The predicted molar refractivity (Wildman–Crippen MR) is 88.8 cm³/mol. The third-order valence-corrected chi connectivity index (χ3v) is 3.68. The third-order valence-electron chi connectivity index (χ3n) is 3.68. The molecule has 0 bridgehead atoms. The van der Waals surface area contributed by atoms with Crippen molar-refractivity contribution in [2.45, 2.75) is 65.3 Å². The Morgan fingerprint density at radius 3 is 2.43 bits per heavy atom. The lowest BCUT2D eigenvalue weighted by atomic mass is 9.95. The minimum atomic E-state index is -0.144. The van der Waals surface area contributed by atoms with Crippen molar-refractivity contribution >= 4 is 11.6 Å². The summed E-state index contributed by atoms with van der Waals surface area (Å²) in [6.07, 6.45) is 4.59. The van der Waals surface area contributed by atoms with Crippen molar-refractivity contribution in [3.05, 3.63) is 11.9 Å². The molecule has 1 unspecified atom stereocenters. The van der Waals surface area contributed by atoms with Crippen molar-refractivity contribution in [2.75, 3.05) is 23.8 Å². The second-order valence-corrected chi connectivity index (χ2v) is 5.74. The second-order valence-electron chi connectivity index (χ2n) is 5.74. The van der Waals surface area contributed by atoms with E-state index in [1.807, 2.05) is 6.07 Å². The van der Waals surface area contributed by atoms with Gasteiger partial charge < -0.3 is 15.7 Å². The first-order valence-electron chi connectivity index (χ1n) is 8.07. The molecular formula is C16H30N4O. The number of aliphatic hydroxyl groups excluding tert-OH is 1. The molecule has 0 aromatic carbocycles. The Morgan fingerprint density at radius 2 is 1.86 bits per heavy atom. The van der Waals surface area contributed by atoms with Crippen LogP contribution in [0.15, 0.2) is 6.07 Å². The number of hydrogen-bond donors (Lipinski definition) is 3. The summed E-state index contributed by atoms with van der Waals surface area (Å²) in [5.41, 5.74) is -0.144. The molecule has 1 heterocycles. The van der Waals surface area contributed by atoms with Crippen LogP contribution >= 0.6 is 0 Å². The second kappa shape index (κ2) is 8.82. The summed E-state index contributed by atoms with van der Waals surface area (Å²) in [5, 5.41) is 16.0. The maximum absolute atomic E-state index is 9.24. The molecule has 0 aliphatic carbocycles. The minimum Gasteiger partial charge on any atom is -0.396 e. The van der Waals surface area contributed by atoms with Gasteiger partial charge in [-0.05, 0) is 32.6 Å². The maximum Gasteiger partial charge on any atom is 0.133 e. The summed E-state index contributed by atoms with van der Waals surface area (Å²) in [6, 6.07) is 1.96. The normalized spacial score (nSPS) is 13.8. The van der Waals surface area contributed by atoms with E-state index in [1.54, 1.807) is 0 Å². The van der Waals surface area contributed by atoms with Gasteiger partial charge in [0.1, 0.15) is 17.5 Å². The van der Waals surface area contributed by atoms with Gasteiger partial charge in [0.05, 0.1) is 0 Å². The quantitative estimate of drug-likeness (QED) is 0.618. The summed E-state index contributed by atoms with van der Waals surface area (Å²) < 4.78 is 0. The standard InChI is InChI=1S/C16H30N4O/c1-5-8-13-18-14(17-10-6-2)12-15(19-13)20-16(4,7-3)9-11-21/h12,21H,5-11H2,1-4H3,(H2,17,18,19,20). The number of nitrogens with one attached hydrogen (secondary N) is 2. The van der Waals surface area contributed by atoms with Gasteiger partial charge in [-0.15, -0.1) is 0 Å². The Bertz CT molecular complexity index is 425. The fourth-order valence-electron chi connectivity index (χ4n) is 2.12. The molecule has 0 spiro atoms. The van der Waals surface area contributed by atoms with Gasteiger partial charge in [0.15, 0.2) is 0 Å². The molecule has 0 saturated heterocycles. The van der Waals surface area contributed by atoms with E-state index in [1.165, 1.54) is 0 Å². The molecule has 1 aromatic heterocycles. The van der Waals surface area contributed by atoms with E-state index >= 15 is 0 Å². The van der Waals surface area contributed by atoms with Gasteiger partial charge >= 0.3 is 0 Å². The number of nitrogens with zero attached hydrogens (tertiary/aromatic N) is 2. The summed E-state index contributed by atoms with van der Waals surface area (Å²) in [4.78, 5) is 9.15. The number of aliphatic hydroxyl groups is 1. The molecule has 0 amide bonds. The average molecular weight is 294 g/mol. The summed E-state index contributed by atoms with van der Waals surface area (Å²) in [6.45, 7) is 9.58. The Kier molecular flexibility index (Phi) is 7.43. The van der Waals surface area contributed by atoms with Crippen molar-refractivity contribution in [3.8, 4) is 0 Å². The van der Waals surface area contributed by atoms with Crippen LogP contribution in [-0.2, 0) is 6.42 Å². The first kappa shape index (κ1) is 17.7. The van der Waals surface area contributed by atoms with Gasteiger partial charge in [-0.2, -0.15) is 0 Å². The highest BCUT2D eigenvalue weighted by Gasteiger charge is 2.22. The van der Waals surface area contributed by atoms with Crippen molar-refractivity contribution in [1.29, 1.82) is 0 Å². The van der Waals surface area contributed by atoms with E-state index in [-0.39, 0.29) is 12.1 Å². The van der Waals surface area contributed by atoms with Crippen LogP contribution in [0, 0.1) is 0 Å². The molecule has 5 nitrogen and oxygen atoms in total. The van der Waals surface area contributed by atoms with Crippen molar-refractivity contribution < 1.29 is 5.11 Å². The van der Waals surface area contributed by atoms with Crippen LogP contribution in [0.4, 0.5) is 11.6 Å². The topological polar surface area (TPSA) is 70.1 Å². The van der Waals surface area contributed by atoms with E-state index in [0.717, 1.165) is 49.7 Å². The highest BCUT2D eigenvalue weighted by Crippen LogP contribution is 2.22. The Labute approximate surface area is 128 Å². The van der Waals surface area contributed by atoms with Crippen LogP contribution < -0.4 is 10.6 Å². The van der Waals surface area contributed by atoms with Crippen molar-refractivity contribution in [3.63, 3.8) is 0 Å². The molecule has 5 heteroatoms. The predicted octanol–water partition coefficient (Wildman–Crippen LogP) is 3.21. The smallest absolute Gasteiger partial charge is 0.133 e. The fourth-order valence-corrected chi connectivity index (χ4v) is 2.12. The first-order chi connectivity index (χ1) is 10.1. The van der Waals surface area contributed by atoms with E-state index in [4.69, 9.17) is 0 Å². The molecule has 1 atom stereocenters. The van der Waals surface area contributed by atoms with Crippen molar-refractivity contribution in [1.82, 2.24) is 9.97 Å². The molecule has 0 fully saturated rings. The molecule has 0 radical (unpaired) electrons. The lowest BCUT2D eigenvalue weighted by molar-refractivity contribution is 0.252. The van der Waals surface area contributed by atoms with Gasteiger partial charge in [0, 0.05) is 31.2 Å². The van der Waals surface area contributed by atoms with Crippen LogP contribution in [0.3, 0.4) is 0 Å². The molecule has 1 aromatic rings. The number of aromatic nitrogens is 2. The number of hydrogen-bond acceptors (Lipinski definition) is 5. The minimum absolute atomic E-state index is 0.144. The van der Waals surface area contributed by atoms with Gasteiger partial charge in [-0.1, -0.05) is 20.8 Å². The van der Waals surface area contributed by atoms with Crippen LogP contribution in [0.25, 0.3) is 0 Å².